The predicted octanol–water partition coefficient (Wildman–Crippen LogP) is 1.91. The van der Waals surface area contributed by atoms with Crippen LogP contribution in [0.3, 0.4) is 0 Å². The van der Waals surface area contributed by atoms with Gasteiger partial charge in [-0.2, -0.15) is 0 Å². The molecular formula is C16H13N5O3. The molecule has 0 fully saturated rings. The molecule has 3 rings (SSSR count). The number of anilines is 1. The van der Waals surface area contributed by atoms with Crippen LogP contribution in [0.1, 0.15) is 16.1 Å². The molecule has 2 N–H and O–H groups in total. The minimum Gasteiger partial charge on any atom is -0.465 e. The number of hydrogen-bond donors (Lipinski definition) is 2. The Kier molecular flexibility index (Phi) is 4.47. The number of nitrogens with one attached hydrogen (secondary N) is 2. The van der Waals surface area contributed by atoms with Crippen molar-refractivity contribution in [2.75, 3.05) is 10.7 Å². The third-order valence-corrected chi connectivity index (χ3v) is 3.01. The number of rotatable bonds is 5. The first kappa shape index (κ1) is 15.2. The molecule has 0 saturated heterocycles. The summed E-state index contributed by atoms with van der Waals surface area (Å²) in [6.45, 7) is 0. The molecule has 0 aliphatic carbocycles. The van der Waals surface area contributed by atoms with E-state index >= 15 is 0 Å². The van der Waals surface area contributed by atoms with E-state index in [0.29, 0.717) is 17.0 Å². The summed E-state index contributed by atoms with van der Waals surface area (Å²) in [7, 11) is 0. The van der Waals surface area contributed by atoms with Gasteiger partial charge in [-0.25, -0.2) is 4.68 Å². The second-order valence-corrected chi connectivity index (χ2v) is 4.73. The van der Waals surface area contributed by atoms with Gasteiger partial charge in [-0.15, -0.1) is 10.2 Å². The molecule has 3 aromatic rings. The van der Waals surface area contributed by atoms with Crippen LogP contribution in [0.4, 0.5) is 5.69 Å². The van der Waals surface area contributed by atoms with E-state index in [9.17, 15) is 9.59 Å². The molecule has 0 radical (unpaired) electrons. The highest BCUT2D eigenvalue weighted by molar-refractivity contribution is 6.03. The molecule has 0 aliphatic rings. The van der Waals surface area contributed by atoms with Crippen LogP contribution in [0.5, 0.6) is 0 Å². The van der Waals surface area contributed by atoms with Crippen molar-refractivity contribution in [3.63, 3.8) is 0 Å². The number of benzene rings is 1. The van der Waals surface area contributed by atoms with Crippen LogP contribution in [-0.4, -0.2) is 26.7 Å². The van der Waals surface area contributed by atoms with Crippen molar-refractivity contribution in [1.29, 1.82) is 0 Å². The number of carbonyl (C=O) groups is 2. The topological polar surface area (TPSA) is 102 Å². The fourth-order valence-electron chi connectivity index (χ4n) is 1.87. The molecule has 0 aliphatic heterocycles. The summed E-state index contributed by atoms with van der Waals surface area (Å²) in [5.74, 6) is -0.0235. The average Bonchev–Trinajstić information content (AvgIpc) is 3.27. The zero-order chi connectivity index (χ0) is 16.8. The van der Waals surface area contributed by atoms with Gasteiger partial charge in [0, 0.05) is 17.3 Å². The third-order valence-electron chi connectivity index (χ3n) is 3.01. The normalized spacial score (nSPS) is 10.7. The van der Waals surface area contributed by atoms with Gasteiger partial charge in [0.05, 0.1) is 6.26 Å². The average molecular weight is 323 g/mol. The Labute approximate surface area is 136 Å². The number of furan rings is 1. The SMILES string of the molecule is O=C(/C=C/c1ccco1)Nc1ccc(C(=O)Nn2cnnc2)cc1. The highest BCUT2D eigenvalue weighted by atomic mass is 16.3. The van der Waals surface area contributed by atoms with Gasteiger partial charge < -0.3 is 9.73 Å². The molecule has 120 valence electrons. The van der Waals surface area contributed by atoms with Crippen LogP contribution >= 0.6 is 0 Å². The van der Waals surface area contributed by atoms with Crippen LogP contribution in [0.2, 0.25) is 0 Å². The number of carbonyl (C=O) groups excluding carboxylic acids is 2. The van der Waals surface area contributed by atoms with Crippen molar-refractivity contribution in [3.05, 3.63) is 72.7 Å². The van der Waals surface area contributed by atoms with Crippen molar-refractivity contribution in [3.8, 4) is 0 Å². The predicted molar refractivity (Wildman–Crippen MR) is 86.5 cm³/mol. The first-order valence-corrected chi connectivity index (χ1v) is 6.99. The smallest absolute Gasteiger partial charge is 0.270 e. The van der Waals surface area contributed by atoms with Gasteiger partial charge in [-0.05, 0) is 42.5 Å². The van der Waals surface area contributed by atoms with E-state index in [0.717, 1.165) is 0 Å². The number of nitrogens with zero attached hydrogens (tertiary/aromatic N) is 3. The zero-order valence-corrected chi connectivity index (χ0v) is 12.4. The Bertz CT molecular complexity index is 836. The van der Waals surface area contributed by atoms with Crippen molar-refractivity contribution in [2.45, 2.75) is 0 Å². The molecule has 0 saturated carbocycles. The van der Waals surface area contributed by atoms with E-state index in [4.69, 9.17) is 4.42 Å². The van der Waals surface area contributed by atoms with Gasteiger partial charge in [0.25, 0.3) is 5.91 Å². The van der Waals surface area contributed by atoms with Crippen LogP contribution in [0, 0.1) is 0 Å². The monoisotopic (exact) mass is 323 g/mol. The molecule has 2 aromatic heterocycles. The molecule has 1 aromatic carbocycles. The molecule has 24 heavy (non-hydrogen) atoms. The van der Waals surface area contributed by atoms with Crippen LogP contribution in [0.25, 0.3) is 6.08 Å². The summed E-state index contributed by atoms with van der Waals surface area (Å²) in [5.41, 5.74) is 3.59. The van der Waals surface area contributed by atoms with Gasteiger partial charge in [-0.3, -0.25) is 15.0 Å². The van der Waals surface area contributed by atoms with E-state index in [-0.39, 0.29) is 11.8 Å². The Morgan fingerprint density at radius 3 is 2.50 bits per heavy atom. The standard InChI is InChI=1S/C16H13N5O3/c22-15(8-7-14-2-1-9-24-14)19-13-5-3-12(4-6-13)16(23)20-21-10-17-18-11-21/h1-11H,(H,19,22)(H,20,23)/b8-7+. The fraction of sp³-hybridized carbons (Fsp3) is 0. The maximum absolute atomic E-state index is 12.0. The van der Waals surface area contributed by atoms with Gasteiger partial charge >= 0.3 is 0 Å². The number of aromatic nitrogens is 3. The minimum absolute atomic E-state index is 0.298. The summed E-state index contributed by atoms with van der Waals surface area (Å²) in [6, 6.07) is 9.96. The zero-order valence-electron chi connectivity index (χ0n) is 12.4. The van der Waals surface area contributed by atoms with Gasteiger partial charge in [0.2, 0.25) is 5.91 Å². The number of amides is 2. The van der Waals surface area contributed by atoms with Crippen LogP contribution in [0.15, 0.2) is 65.8 Å². The molecule has 8 heteroatoms. The quantitative estimate of drug-likeness (QED) is 0.698. The van der Waals surface area contributed by atoms with Gasteiger partial charge in [-0.1, -0.05) is 0 Å². The maximum Gasteiger partial charge on any atom is 0.270 e. The van der Waals surface area contributed by atoms with E-state index < -0.39 is 0 Å². The summed E-state index contributed by atoms with van der Waals surface area (Å²) < 4.78 is 6.44. The maximum atomic E-state index is 12.0. The molecule has 0 spiro atoms. The Morgan fingerprint density at radius 1 is 1.08 bits per heavy atom. The Balaban J connectivity index is 1.58. The summed E-state index contributed by atoms with van der Waals surface area (Å²) >= 11 is 0. The Morgan fingerprint density at radius 2 is 1.83 bits per heavy atom. The number of hydrogen-bond acceptors (Lipinski definition) is 5. The lowest BCUT2D eigenvalue weighted by molar-refractivity contribution is -0.111. The van der Waals surface area contributed by atoms with Crippen molar-refractivity contribution in [2.24, 2.45) is 0 Å². The lowest BCUT2D eigenvalue weighted by Gasteiger charge is -2.06. The van der Waals surface area contributed by atoms with Crippen molar-refractivity contribution in [1.82, 2.24) is 14.9 Å². The minimum atomic E-state index is -0.314. The first-order chi connectivity index (χ1) is 11.7. The van der Waals surface area contributed by atoms with E-state index in [2.05, 4.69) is 20.9 Å². The van der Waals surface area contributed by atoms with Gasteiger partial charge in [0.1, 0.15) is 18.4 Å². The van der Waals surface area contributed by atoms with E-state index in [1.165, 1.54) is 29.7 Å². The molecular weight excluding hydrogens is 310 g/mol. The van der Waals surface area contributed by atoms with Crippen LogP contribution in [-0.2, 0) is 4.79 Å². The summed E-state index contributed by atoms with van der Waals surface area (Å²) in [4.78, 5) is 23.8. The molecule has 0 unspecified atom stereocenters. The molecule has 2 amide bonds. The fourth-order valence-corrected chi connectivity index (χ4v) is 1.87. The van der Waals surface area contributed by atoms with E-state index in [1.807, 2.05) is 0 Å². The second kappa shape index (κ2) is 7.05. The Hall–Kier alpha value is -3.68. The van der Waals surface area contributed by atoms with Crippen LogP contribution < -0.4 is 10.7 Å². The van der Waals surface area contributed by atoms with Crippen molar-refractivity contribution >= 4 is 23.6 Å². The third kappa shape index (κ3) is 3.95. The highest BCUT2D eigenvalue weighted by Gasteiger charge is 2.06. The molecule has 8 nitrogen and oxygen atoms in total. The lowest BCUT2D eigenvalue weighted by Crippen LogP contribution is -2.21. The lowest BCUT2D eigenvalue weighted by atomic mass is 10.2. The molecule has 0 atom stereocenters. The van der Waals surface area contributed by atoms with E-state index in [1.54, 1.807) is 42.5 Å². The highest BCUT2D eigenvalue weighted by Crippen LogP contribution is 2.10. The molecule has 0 bridgehead atoms. The molecule has 2 heterocycles. The largest absolute Gasteiger partial charge is 0.465 e. The van der Waals surface area contributed by atoms with Gasteiger partial charge in [0.15, 0.2) is 0 Å². The summed E-state index contributed by atoms with van der Waals surface area (Å²) in [5, 5.41) is 9.87. The first-order valence-electron chi connectivity index (χ1n) is 6.99. The summed E-state index contributed by atoms with van der Waals surface area (Å²) in [6.07, 6.45) is 7.21. The van der Waals surface area contributed by atoms with Crippen molar-refractivity contribution < 1.29 is 14.0 Å². The second-order valence-electron chi connectivity index (χ2n) is 4.73.